The van der Waals surface area contributed by atoms with Crippen molar-refractivity contribution in [3.05, 3.63) is 108 Å². The van der Waals surface area contributed by atoms with Gasteiger partial charge in [-0.05, 0) is 29.7 Å². The Kier molecular flexibility index (Phi) is 6.84. The van der Waals surface area contributed by atoms with Gasteiger partial charge < -0.3 is 5.32 Å². The van der Waals surface area contributed by atoms with E-state index < -0.39 is 0 Å². The molecule has 0 amide bonds. The molecule has 1 heteroatoms. The molecular weight excluding hydrogens is 326 g/mol. The molecule has 0 saturated carbocycles. The van der Waals surface area contributed by atoms with E-state index in [1.165, 1.54) is 36.0 Å². The van der Waals surface area contributed by atoms with E-state index in [0.29, 0.717) is 5.92 Å². The molecule has 1 nitrogen and oxygen atoms in total. The summed E-state index contributed by atoms with van der Waals surface area (Å²) in [6, 6.07) is 32.7. The molecule has 0 saturated heterocycles. The minimum atomic E-state index is -0.252. The van der Waals surface area contributed by atoms with Crippen LogP contribution in [0.5, 0.6) is 0 Å². The number of hydrogen-bond acceptors (Lipinski definition) is 1. The van der Waals surface area contributed by atoms with Crippen molar-refractivity contribution in [3.8, 4) is 0 Å². The predicted octanol–water partition coefficient (Wildman–Crippen LogP) is 6.51. The lowest BCUT2D eigenvalue weighted by atomic mass is 9.71. The Bertz CT molecular complexity index is 741. The van der Waals surface area contributed by atoms with Gasteiger partial charge in [-0.2, -0.15) is 0 Å². The molecular formula is C26H31N. The lowest BCUT2D eigenvalue weighted by Gasteiger charge is -2.42. The van der Waals surface area contributed by atoms with Crippen molar-refractivity contribution >= 4 is 0 Å². The SMILES string of the molecule is CCCCCNC(c1ccccc1)(c1ccccc1)C(C)c1ccccc1. The van der Waals surface area contributed by atoms with E-state index >= 15 is 0 Å². The molecule has 0 spiro atoms. The quantitative estimate of drug-likeness (QED) is 0.430. The Labute approximate surface area is 164 Å². The van der Waals surface area contributed by atoms with Crippen molar-refractivity contribution in [2.45, 2.75) is 44.6 Å². The van der Waals surface area contributed by atoms with Gasteiger partial charge in [0.1, 0.15) is 0 Å². The lowest BCUT2D eigenvalue weighted by molar-refractivity contribution is 0.338. The second-order valence-corrected chi connectivity index (χ2v) is 7.31. The maximum atomic E-state index is 4.00. The Morgan fingerprint density at radius 3 is 1.67 bits per heavy atom. The number of nitrogens with one attached hydrogen (secondary N) is 1. The molecule has 3 rings (SSSR count). The van der Waals surface area contributed by atoms with Crippen LogP contribution in [0.3, 0.4) is 0 Å². The molecule has 0 radical (unpaired) electrons. The van der Waals surface area contributed by atoms with Gasteiger partial charge in [0.15, 0.2) is 0 Å². The monoisotopic (exact) mass is 357 g/mol. The van der Waals surface area contributed by atoms with Crippen LogP contribution in [0.15, 0.2) is 91.0 Å². The number of benzene rings is 3. The zero-order chi connectivity index (χ0) is 19.0. The Hall–Kier alpha value is -2.38. The average molecular weight is 358 g/mol. The minimum absolute atomic E-state index is 0.252. The van der Waals surface area contributed by atoms with Gasteiger partial charge in [-0.25, -0.2) is 0 Å². The summed E-state index contributed by atoms with van der Waals surface area (Å²) in [5.74, 6) is 0.296. The summed E-state index contributed by atoms with van der Waals surface area (Å²) in [5.41, 5.74) is 3.75. The molecule has 1 atom stereocenters. The Balaban J connectivity index is 2.12. The van der Waals surface area contributed by atoms with Crippen molar-refractivity contribution in [1.29, 1.82) is 0 Å². The molecule has 0 aliphatic carbocycles. The van der Waals surface area contributed by atoms with E-state index in [9.17, 15) is 0 Å². The van der Waals surface area contributed by atoms with E-state index in [-0.39, 0.29) is 5.54 Å². The fourth-order valence-corrected chi connectivity index (χ4v) is 4.08. The van der Waals surface area contributed by atoms with Gasteiger partial charge in [0.05, 0.1) is 5.54 Å². The molecule has 27 heavy (non-hydrogen) atoms. The van der Waals surface area contributed by atoms with Gasteiger partial charge in [0, 0.05) is 5.92 Å². The van der Waals surface area contributed by atoms with Gasteiger partial charge in [0.2, 0.25) is 0 Å². The van der Waals surface area contributed by atoms with Crippen LogP contribution in [0.4, 0.5) is 0 Å². The summed E-state index contributed by atoms with van der Waals surface area (Å²) in [4.78, 5) is 0. The van der Waals surface area contributed by atoms with Crippen molar-refractivity contribution in [3.63, 3.8) is 0 Å². The van der Waals surface area contributed by atoms with Crippen molar-refractivity contribution in [2.24, 2.45) is 0 Å². The highest BCUT2D eigenvalue weighted by molar-refractivity contribution is 5.43. The standard InChI is InChI=1S/C26H31N/c1-3-4-14-21-27-26(24-17-10-6-11-18-24,25-19-12-7-13-20-25)22(2)23-15-8-5-9-16-23/h5-13,15-20,22,27H,3-4,14,21H2,1-2H3. The number of rotatable bonds is 9. The van der Waals surface area contributed by atoms with Crippen LogP contribution in [-0.4, -0.2) is 6.54 Å². The van der Waals surface area contributed by atoms with Crippen LogP contribution in [-0.2, 0) is 5.54 Å². The topological polar surface area (TPSA) is 12.0 Å². The highest BCUT2D eigenvalue weighted by Crippen LogP contribution is 2.42. The van der Waals surface area contributed by atoms with E-state index in [4.69, 9.17) is 0 Å². The fourth-order valence-electron chi connectivity index (χ4n) is 4.08. The molecule has 1 N–H and O–H groups in total. The van der Waals surface area contributed by atoms with Crippen molar-refractivity contribution in [1.82, 2.24) is 5.32 Å². The molecule has 0 bridgehead atoms. The van der Waals surface area contributed by atoms with Crippen molar-refractivity contribution in [2.75, 3.05) is 6.54 Å². The zero-order valence-corrected chi connectivity index (χ0v) is 16.6. The molecule has 3 aromatic carbocycles. The molecule has 140 valence electrons. The normalized spacial score (nSPS) is 12.7. The highest BCUT2D eigenvalue weighted by atomic mass is 15.0. The predicted molar refractivity (Wildman–Crippen MR) is 116 cm³/mol. The smallest absolute Gasteiger partial charge is 0.0757 e. The van der Waals surface area contributed by atoms with E-state index in [1.54, 1.807) is 0 Å². The molecule has 0 heterocycles. The molecule has 0 fully saturated rings. The number of unbranched alkanes of at least 4 members (excludes halogenated alkanes) is 2. The first-order chi connectivity index (χ1) is 13.3. The van der Waals surface area contributed by atoms with Crippen LogP contribution in [0, 0.1) is 0 Å². The highest BCUT2D eigenvalue weighted by Gasteiger charge is 2.39. The summed E-state index contributed by atoms with van der Waals surface area (Å²) in [7, 11) is 0. The summed E-state index contributed by atoms with van der Waals surface area (Å²) < 4.78 is 0. The van der Waals surface area contributed by atoms with Crippen LogP contribution in [0.2, 0.25) is 0 Å². The average Bonchev–Trinajstić information content (AvgIpc) is 2.75. The first-order valence-electron chi connectivity index (χ1n) is 10.2. The summed E-state index contributed by atoms with van der Waals surface area (Å²) in [6.45, 7) is 5.62. The van der Waals surface area contributed by atoms with Gasteiger partial charge in [-0.15, -0.1) is 0 Å². The third-order valence-electron chi connectivity index (χ3n) is 5.59. The third kappa shape index (κ3) is 4.31. The van der Waals surface area contributed by atoms with Gasteiger partial charge >= 0.3 is 0 Å². The molecule has 0 aliphatic heterocycles. The Morgan fingerprint density at radius 2 is 1.19 bits per heavy atom. The number of hydrogen-bond donors (Lipinski definition) is 1. The van der Waals surface area contributed by atoms with Gasteiger partial charge in [-0.1, -0.05) is 118 Å². The first-order valence-corrected chi connectivity index (χ1v) is 10.2. The second kappa shape index (κ2) is 9.53. The maximum Gasteiger partial charge on any atom is 0.0757 e. The van der Waals surface area contributed by atoms with E-state index in [0.717, 1.165) is 6.54 Å². The summed E-state index contributed by atoms with van der Waals surface area (Å²) >= 11 is 0. The van der Waals surface area contributed by atoms with Crippen LogP contribution >= 0.6 is 0 Å². The largest absolute Gasteiger partial charge is 0.303 e. The second-order valence-electron chi connectivity index (χ2n) is 7.31. The summed E-state index contributed by atoms with van der Waals surface area (Å²) in [5, 5.41) is 4.00. The van der Waals surface area contributed by atoms with Gasteiger partial charge in [-0.3, -0.25) is 0 Å². The molecule has 0 aliphatic rings. The van der Waals surface area contributed by atoms with Crippen LogP contribution in [0.25, 0.3) is 0 Å². The Morgan fingerprint density at radius 1 is 0.704 bits per heavy atom. The van der Waals surface area contributed by atoms with E-state index in [2.05, 4.69) is 110 Å². The fraction of sp³-hybridized carbons (Fsp3) is 0.308. The van der Waals surface area contributed by atoms with E-state index in [1.807, 2.05) is 0 Å². The molecule has 1 unspecified atom stereocenters. The summed E-state index contributed by atoms with van der Waals surface area (Å²) in [6.07, 6.45) is 3.69. The zero-order valence-electron chi connectivity index (χ0n) is 16.6. The lowest BCUT2D eigenvalue weighted by Crippen LogP contribution is -2.48. The minimum Gasteiger partial charge on any atom is -0.303 e. The first kappa shape index (κ1) is 19.4. The van der Waals surface area contributed by atoms with Gasteiger partial charge in [0.25, 0.3) is 0 Å². The van der Waals surface area contributed by atoms with Crippen molar-refractivity contribution < 1.29 is 0 Å². The third-order valence-corrected chi connectivity index (χ3v) is 5.59. The maximum absolute atomic E-state index is 4.00. The van der Waals surface area contributed by atoms with Crippen LogP contribution < -0.4 is 5.32 Å². The molecule has 0 aromatic heterocycles. The van der Waals surface area contributed by atoms with Crippen LogP contribution in [0.1, 0.15) is 55.7 Å². The molecule has 3 aromatic rings.